The zero-order chi connectivity index (χ0) is 10.0. The molecule has 4 N–H and O–H groups in total. The van der Waals surface area contributed by atoms with Crippen molar-refractivity contribution in [2.24, 2.45) is 0 Å². The molecule has 0 atom stereocenters. The van der Waals surface area contributed by atoms with Gasteiger partial charge in [-0.15, -0.1) is 0 Å². The van der Waals surface area contributed by atoms with Gasteiger partial charge in [0.05, 0.1) is 0 Å². The summed E-state index contributed by atoms with van der Waals surface area (Å²) in [5.41, 5.74) is 4.81. The van der Waals surface area contributed by atoms with Gasteiger partial charge in [-0.3, -0.25) is 4.98 Å². The molecule has 0 spiro atoms. The van der Waals surface area contributed by atoms with Gasteiger partial charge < -0.3 is 10.8 Å². The highest BCUT2D eigenvalue weighted by molar-refractivity contribution is 5.88. The van der Waals surface area contributed by atoms with Crippen molar-refractivity contribution in [1.82, 2.24) is 9.97 Å². The Balaban J connectivity index is 3.47. The second-order valence-corrected chi connectivity index (χ2v) is 2.44. The first-order valence-corrected chi connectivity index (χ1v) is 3.68. The molecule has 6 nitrogen and oxygen atoms in total. The smallest absolute Gasteiger partial charge is 0.352 e. The van der Waals surface area contributed by atoms with Gasteiger partial charge in [0, 0.05) is 5.56 Å². The van der Waals surface area contributed by atoms with Gasteiger partial charge in [0.2, 0.25) is 0 Å². The van der Waals surface area contributed by atoms with Crippen molar-refractivity contribution in [3.8, 4) is 0 Å². The van der Waals surface area contributed by atoms with E-state index in [1.807, 2.05) is 0 Å². The fourth-order valence-corrected chi connectivity index (χ4v) is 1.06. The van der Waals surface area contributed by atoms with E-state index in [2.05, 4.69) is 9.97 Å². The van der Waals surface area contributed by atoms with E-state index in [9.17, 15) is 9.59 Å². The summed E-state index contributed by atoms with van der Waals surface area (Å²) in [4.78, 5) is 26.9. The molecule has 0 saturated carbocycles. The highest BCUT2D eigenvalue weighted by Crippen LogP contribution is 2.10. The molecule has 0 radical (unpaired) electrons. The first kappa shape index (κ1) is 9.24. The van der Waals surface area contributed by atoms with Crippen LogP contribution in [0.15, 0.2) is 4.79 Å². The number of anilines is 1. The molecule has 0 aliphatic carbocycles. The molecule has 0 amide bonds. The first-order valence-electron chi connectivity index (χ1n) is 3.68. The molecule has 0 fully saturated rings. The molecule has 0 bridgehead atoms. The number of H-pyrrole nitrogens is 1. The third-order valence-corrected chi connectivity index (χ3v) is 1.63. The average Bonchev–Trinajstić information content (AvgIpc) is 2.02. The van der Waals surface area contributed by atoms with E-state index in [0.29, 0.717) is 12.0 Å². The Labute approximate surface area is 73.4 Å². The molecule has 0 saturated heterocycles. The maximum Gasteiger partial charge on any atom is 0.352 e. The van der Waals surface area contributed by atoms with E-state index in [1.165, 1.54) is 0 Å². The van der Waals surface area contributed by atoms with Crippen LogP contribution in [0.4, 0.5) is 5.82 Å². The predicted octanol–water partition coefficient (Wildman–Crippen LogP) is -0.387. The Morgan fingerprint density at radius 2 is 2.31 bits per heavy atom. The molecule has 13 heavy (non-hydrogen) atoms. The molecule has 0 aromatic carbocycles. The SMILES string of the molecule is CCc1c(N)nc(=O)[nH]c1C(=O)O. The molecule has 1 aromatic heterocycles. The van der Waals surface area contributed by atoms with Gasteiger partial charge in [-0.2, -0.15) is 4.98 Å². The van der Waals surface area contributed by atoms with Crippen LogP contribution in [0.5, 0.6) is 0 Å². The van der Waals surface area contributed by atoms with Gasteiger partial charge in [-0.25, -0.2) is 9.59 Å². The second kappa shape index (κ2) is 3.26. The van der Waals surface area contributed by atoms with Crippen LogP contribution in [0.25, 0.3) is 0 Å². The predicted molar refractivity (Wildman–Crippen MR) is 45.6 cm³/mol. The molecule has 1 rings (SSSR count). The molecule has 70 valence electrons. The van der Waals surface area contributed by atoms with Crippen LogP contribution in [0, 0.1) is 0 Å². The molecular weight excluding hydrogens is 174 g/mol. The second-order valence-electron chi connectivity index (χ2n) is 2.44. The lowest BCUT2D eigenvalue weighted by atomic mass is 10.1. The van der Waals surface area contributed by atoms with Crippen molar-refractivity contribution >= 4 is 11.8 Å². The number of aromatic amines is 1. The summed E-state index contributed by atoms with van der Waals surface area (Å²) < 4.78 is 0. The zero-order valence-electron chi connectivity index (χ0n) is 7.00. The van der Waals surface area contributed by atoms with Gasteiger partial charge >= 0.3 is 11.7 Å². The molecule has 6 heteroatoms. The number of hydrogen-bond acceptors (Lipinski definition) is 4. The van der Waals surface area contributed by atoms with Crippen LogP contribution in [-0.2, 0) is 6.42 Å². The fraction of sp³-hybridized carbons (Fsp3) is 0.286. The lowest BCUT2D eigenvalue weighted by Crippen LogP contribution is -2.21. The van der Waals surface area contributed by atoms with Crippen molar-refractivity contribution < 1.29 is 9.90 Å². The van der Waals surface area contributed by atoms with Crippen LogP contribution < -0.4 is 11.4 Å². The van der Waals surface area contributed by atoms with E-state index < -0.39 is 11.7 Å². The Bertz CT molecular complexity index is 396. The Hall–Kier alpha value is -1.85. The third kappa shape index (κ3) is 1.66. The quantitative estimate of drug-likeness (QED) is 0.578. The maximum atomic E-state index is 10.8. The molecular formula is C7H9N3O3. The van der Waals surface area contributed by atoms with E-state index in [0.717, 1.165) is 0 Å². The van der Waals surface area contributed by atoms with Gasteiger partial charge in [-0.1, -0.05) is 6.92 Å². The largest absolute Gasteiger partial charge is 0.477 e. The first-order chi connectivity index (χ1) is 6.06. The minimum Gasteiger partial charge on any atom is -0.477 e. The minimum atomic E-state index is -1.21. The summed E-state index contributed by atoms with van der Waals surface area (Å²) >= 11 is 0. The van der Waals surface area contributed by atoms with E-state index >= 15 is 0 Å². The van der Waals surface area contributed by atoms with Crippen LogP contribution in [-0.4, -0.2) is 21.0 Å². The normalized spacial score (nSPS) is 9.92. The zero-order valence-corrected chi connectivity index (χ0v) is 7.00. The Morgan fingerprint density at radius 3 is 2.77 bits per heavy atom. The van der Waals surface area contributed by atoms with Gasteiger partial charge in [0.25, 0.3) is 0 Å². The number of nitrogens with zero attached hydrogens (tertiary/aromatic N) is 1. The third-order valence-electron chi connectivity index (χ3n) is 1.63. The van der Waals surface area contributed by atoms with Crippen LogP contribution >= 0.6 is 0 Å². The standard InChI is InChI=1S/C7H9N3O3/c1-2-3-4(6(11)12)9-7(13)10-5(3)8/h2H2,1H3,(H,11,12)(H3,8,9,10,13). The van der Waals surface area contributed by atoms with Crippen LogP contribution in [0.3, 0.4) is 0 Å². The van der Waals surface area contributed by atoms with Crippen LogP contribution in [0.2, 0.25) is 0 Å². The highest BCUT2D eigenvalue weighted by Gasteiger charge is 2.13. The number of carboxylic acid groups (broad SMARTS) is 1. The topological polar surface area (TPSA) is 109 Å². The number of hydrogen-bond donors (Lipinski definition) is 3. The molecule has 0 aliphatic rings. The summed E-state index contributed by atoms with van der Waals surface area (Å²) in [6.07, 6.45) is 0.414. The summed E-state index contributed by atoms with van der Waals surface area (Å²) in [7, 11) is 0. The number of rotatable bonds is 2. The van der Waals surface area contributed by atoms with Crippen molar-refractivity contribution in [1.29, 1.82) is 0 Å². The van der Waals surface area contributed by atoms with Gasteiger partial charge in [0.1, 0.15) is 11.5 Å². The fourth-order valence-electron chi connectivity index (χ4n) is 1.06. The summed E-state index contributed by atoms with van der Waals surface area (Å²) in [5.74, 6) is -1.23. The van der Waals surface area contributed by atoms with Crippen LogP contribution in [0.1, 0.15) is 23.0 Å². The monoisotopic (exact) mass is 183 g/mol. The van der Waals surface area contributed by atoms with Crippen molar-refractivity contribution in [2.75, 3.05) is 5.73 Å². The summed E-state index contributed by atoms with van der Waals surface area (Å²) in [6.45, 7) is 1.73. The molecule has 1 heterocycles. The lowest BCUT2D eigenvalue weighted by molar-refractivity contribution is 0.0688. The number of carbonyl (C=O) groups is 1. The lowest BCUT2D eigenvalue weighted by Gasteiger charge is -2.04. The average molecular weight is 183 g/mol. The molecule has 1 aromatic rings. The molecule has 0 unspecified atom stereocenters. The number of nitrogens with two attached hydrogens (primary N) is 1. The Kier molecular flexibility index (Phi) is 2.32. The van der Waals surface area contributed by atoms with Crippen molar-refractivity contribution in [2.45, 2.75) is 13.3 Å². The van der Waals surface area contributed by atoms with E-state index in [1.54, 1.807) is 6.92 Å². The maximum absolute atomic E-state index is 10.8. The van der Waals surface area contributed by atoms with E-state index in [-0.39, 0.29) is 11.5 Å². The summed E-state index contributed by atoms with van der Waals surface area (Å²) in [6, 6.07) is 0. The van der Waals surface area contributed by atoms with Crippen molar-refractivity contribution in [3.63, 3.8) is 0 Å². The highest BCUT2D eigenvalue weighted by atomic mass is 16.4. The van der Waals surface area contributed by atoms with Gasteiger partial charge in [0.15, 0.2) is 0 Å². The number of nitrogen functional groups attached to an aromatic ring is 1. The number of aromatic carboxylic acids is 1. The minimum absolute atomic E-state index is 0.0244. The number of carboxylic acids is 1. The summed E-state index contributed by atoms with van der Waals surface area (Å²) in [5, 5.41) is 8.69. The van der Waals surface area contributed by atoms with E-state index in [4.69, 9.17) is 10.8 Å². The number of nitrogens with one attached hydrogen (secondary N) is 1. The molecule has 0 aliphatic heterocycles. The van der Waals surface area contributed by atoms with Gasteiger partial charge in [-0.05, 0) is 6.42 Å². The number of aromatic nitrogens is 2. The van der Waals surface area contributed by atoms with Crippen molar-refractivity contribution in [3.05, 3.63) is 21.7 Å². The Morgan fingerprint density at radius 1 is 1.69 bits per heavy atom.